The number of hydrogen-bond acceptors (Lipinski definition) is 2. The van der Waals surface area contributed by atoms with Gasteiger partial charge in [0.2, 0.25) is 5.91 Å². The van der Waals surface area contributed by atoms with E-state index in [4.69, 9.17) is 5.73 Å². The monoisotopic (exact) mass is 383 g/mol. The van der Waals surface area contributed by atoms with E-state index in [1.165, 1.54) is 24.3 Å². The maximum absolute atomic E-state index is 13.9. The van der Waals surface area contributed by atoms with Gasteiger partial charge in [0.15, 0.2) is 0 Å². The van der Waals surface area contributed by atoms with E-state index >= 15 is 0 Å². The van der Waals surface area contributed by atoms with Gasteiger partial charge in [0.1, 0.15) is 11.6 Å². The Morgan fingerprint density at radius 3 is 2.64 bits per heavy atom. The molecule has 1 aromatic heterocycles. The second kappa shape index (κ2) is 7.72. The number of fused-ring (bicyclic) bond motifs is 1. The summed E-state index contributed by atoms with van der Waals surface area (Å²) in [5.41, 5.74) is 9.25. The van der Waals surface area contributed by atoms with Crippen LogP contribution in [0.4, 0.5) is 8.78 Å². The van der Waals surface area contributed by atoms with Gasteiger partial charge in [-0.1, -0.05) is 0 Å². The van der Waals surface area contributed by atoms with Crippen LogP contribution >= 0.6 is 0 Å². The lowest BCUT2D eigenvalue weighted by molar-refractivity contribution is -0.132. The zero-order valence-corrected chi connectivity index (χ0v) is 15.6. The van der Waals surface area contributed by atoms with E-state index in [1.54, 1.807) is 18.2 Å². The molecule has 0 bridgehead atoms. The SMILES string of the molecule is NC1CCCN(C(=O)CCc2c(-c3ccc(F)cc3)[nH]c3ccc(F)cc23)C1. The molecule has 1 saturated heterocycles. The van der Waals surface area contributed by atoms with Gasteiger partial charge in [-0.25, -0.2) is 8.78 Å². The van der Waals surface area contributed by atoms with E-state index in [2.05, 4.69) is 4.98 Å². The molecule has 1 fully saturated rings. The van der Waals surface area contributed by atoms with Crippen molar-refractivity contribution in [3.05, 3.63) is 59.7 Å². The van der Waals surface area contributed by atoms with Crippen molar-refractivity contribution in [1.29, 1.82) is 0 Å². The Morgan fingerprint density at radius 1 is 1.14 bits per heavy atom. The zero-order chi connectivity index (χ0) is 19.7. The van der Waals surface area contributed by atoms with E-state index in [1.807, 2.05) is 4.90 Å². The van der Waals surface area contributed by atoms with Gasteiger partial charge in [0, 0.05) is 42.1 Å². The maximum Gasteiger partial charge on any atom is 0.222 e. The van der Waals surface area contributed by atoms with Crippen molar-refractivity contribution in [2.75, 3.05) is 13.1 Å². The normalized spacial score (nSPS) is 17.2. The highest BCUT2D eigenvalue weighted by molar-refractivity contribution is 5.91. The number of amides is 1. The predicted molar refractivity (Wildman–Crippen MR) is 106 cm³/mol. The number of nitrogens with zero attached hydrogens (tertiary/aromatic N) is 1. The van der Waals surface area contributed by atoms with E-state index in [0.29, 0.717) is 19.4 Å². The van der Waals surface area contributed by atoms with Gasteiger partial charge in [-0.05, 0) is 72.9 Å². The predicted octanol–water partition coefficient (Wildman–Crippen LogP) is 4.00. The molecular formula is C22H23F2N3O. The molecule has 1 atom stereocenters. The fourth-order valence-corrected chi connectivity index (χ4v) is 3.97. The number of hydrogen-bond donors (Lipinski definition) is 2. The first-order valence-electron chi connectivity index (χ1n) is 9.60. The molecule has 1 unspecified atom stereocenters. The van der Waals surface area contributed by atoms with Crippen LogP contribution < -0.4 is 5.73 Å². The molecule has 6 heteroatoms. The van der Waals surface area contributed by atoms with Crippen LogP contribution in [-0.2, 0) is 11.2 Å². The molecule has 1 amide bonds. The summed E-state index contributed by atoms with van der Waals surface area (Å²) in [5.74, 6) is -0.582. The Morgan fingerprint density at radius 2 is 1.89 bits per heavy atom. The molecule has 0 spiro atoms. The molecular weight excluding hydrogens is 360 g/mol. The molecule has 0 aliphatic carbocycles. The number of rotatable bonds is 4. The molecule has 28 heavy (non-hydrogen) atoms. The highest BCUT2D eigenvalue weighted by Gasteiger charge is 2.22. The average molecular weight is 383 g/mol. The van der Waals surface area contributed by atoms with Crippen LogP contribution in [-0.4, -0.2) is 34.9 Å². The van der Waals surface area contributed by atoms with Gasteiger partial charge in [0.05, 0.1) is 0 Å². The topological polar surface area (TPSA) is 62.1 Å². The molecule has 4 nitrogen and oxygen atoms in total. The minimum absolute atomic E-state index is 0.0367. The third-order valence-corrected chi connectivity index (χ3v) is 5.40. The highest BCUT2D eigenvalue weighted by Crippen LogP contribution is 2.32. The van der Waals surface area contributed by atoms with Crippen LogP contribution in [0.5, 0.6) is 0 Å². The Labute approximate surface area is 162 Å². The van der Waals surface area contributed by atoms with Gasteiger partial charge in [-0.15, -0.1) is 0 Å². The minimum atomic E-state index is -0.327. The van der Waals surface area contributed by atoms with Crippen molar-refractivity contribution in [3.8, 4) is 11.3 Å². The van der Waals surface area contributed by atoms with Crippen molar-refractivity contribution in [3.63, 3.8) is 0 Å². The van der Waals surface area contributed by atoms with Crippen molar-refractivity contribution >= 4 is 16.8 Å². The molecule has 1 aliphatic heterocycles. The highest BCUT2D eigenvalue weighted by atomic mass is 19.1. The molecule has 3 aromatic rings. The van der Waals surface area contributed by atoms with Gasteiger partial charge < -0.3 is 15.6 Å². The molecule has 4 rings (SSSR count). The number of aryl methyl sites for hydroxylation is 1. The van der Waals surface area contributed by atoms with Crippen molar-refractivity contribution < 1.29 is 13.6 Å². The van der Waals surface area contributed by atoms with Gasteiger partial charge in [-0.3, -0.25) is 4.79 Å². The molecule has 2 heterocycles. The summed E-state index contributed by atoms with van der Waals surface area (Å²) in [6, 6.07) is 10.8. The largest absolute Gasteiger partial charge is 0.354 e. The Hall–Kier alpha value is -2.73. The van der Waals surface area contributed by atoms with Crippen molar-refractivity contribution in [1.82, 2.24) is 9.88 Å². The van der Waals surface area contributed by atoms with E-state index < -0.39 is 0 Å². The third-order valence-electron chi connectivity index (χ3n) is 5.40. The van der Waals surface area contributed by atoms with Crippen LogP contribution in [0, 0.1) is 11.6 Å². The van der Waals surface area contributed by atoms with Crippen LogP contribution in [0.1, 0.15) is 24.8 Å². The first kappa shape index (κ1) is 18.6. The summed E-state index contributed by atoms with van der Waals surface area (Å²) in [6.07, 6.45) is 2.66. The maximum atomic E-state index is 13.9. The lowest BCUT2D eigenvalue weighted by atomic mass is 10.00. The van der Waals surface area contributed by atoms with E-state index in [-0.39, 0.29) is 23.6 Å². The lowest BCUT2D eigenvalue weighted by Crippen LogP contribution is -2.45. The first-order valence-corrected chi connectivity index (χ1v) is 9.60. The average Bonchev–Trinajstić information content (AvgIpc) is 3.04. The quantitative estimate of drug-likeness (QED) is 0.715. The molecule has 146 valence electrons. The third kappa shape index (κ3) is 3.78. The summed E-state index contributed by atoms with van der Waals surface area (Å²) in [7, 11) is 0. The fourth-order valence-electron chi connectivity index (χ4n) is 3.97. The summed E-state index contributed by atoms with van der Waals surface area (Å²) in [6.45, 7) is 1.33. The van der Waals surface area contributed by atoms with E-state index in [0.717, 1.165) is 47.1 Å². The smallest absolute Gasteiger partial charge is 0.222 e. The Balaban J connectivity index is 1.64. The molecule has 0 saturated carbocycles. The van der Waals surface area contributed by atoms with Crippen LogP contribution in [0.2, 0.25) is 0 Å². The first-order chi connectivity index (χ1) is 13.5. The number of aromatic nitrogens is 1. The molecule has 2 aromatic carbocycles. The van der Waals surface area contributed by atoms with E-state index in [9.17, 15) is 13.6 Å². The fraction of sp³-hybridized carbons (Fsp3) is 0.318. The van der Waals surface area contributed by atoms with Gasteiger partial charge in [0.25, 0.3) is 0 Å². The second-order valence-electron chi connectivity index (χ2n) is 7.42. The number of nitrogens with one attached hydrogen (secondary N) is 1. The van der Waals surface area contributed by atoms with Crippen LogP contribution in [0.15, 0.2) is 42.5 Å². The number of likely N-dealkylation sites (tertiary alicyclic amines) is 1. The lowest BCUT2D eigenvalue weighted by Gasteiger charge is -2.30. The number of aromatic amines is 1. The van der Waals surface area contributed by atoms with Crippen LogP contribution in [0.25, 0.3) is 22.2 Å². The van der Waals surface area contributed by atoms with Crippen molar-refractivity contribution in [2.45, 2.75) is 31.7 Å². The number of piperidine rings is 1. The zero-order valence-electron chi connectivity index (χ0n) is 15.6. The summed E-state index contributed by atoms with van der Waals surface area (Å²) in [4.78, 5) is 17.8. The number of carbonyl (C=O) groups is 1. The summed E-state index contributed by atoms with van der Waals surface area (Å²) < 4.78 is 27.2. The number of H-pyrrole nitrogens is 1. The van der Waals surface area contributed by atoms with Crippen LogP contribution in [0.3, 0.4) is 0 Å². The van der Waals surface area contributed by atoms with Crippen molar-refractivity contribution in [2.24, 2.45) is 5.73 Å². The summed E-state index contributed by atoms with van der Waals surface area (Å²) in [5, 5.41) is 0.752. The number of nitrogens with two attached hydrogens (primary N) is 1. The minimum Gasteiger partial charge on any atom is -0.354 e. The van der Waals surface area contributed by atoms with Gasteiger partial charge in [-0.2, -0.15) is 0 Å². The Bertz CT molecular complexity index is 997. The number of halogens is 2. The summed E-state index contributed by atoms with van der Waals surface area (Å²) >= 11 is 0. The number of carbonyl (C=O) groups excluding carboxylic acids is 1. The van der Waals surface area contributed by atoms with Gasteiger partial charge >= 0.3 is 0 Å². The standard InChI is InChI=1S/C22H23F2N3O/c23-15-5-3-14(4-6-15)22-18(19-12-16(24)7-9-20(19)26-22)8-10-21(28)27-11-1-2-17(25)13-27/h3-7,9,12,17,26H,1-2,8,10-11,13,25H2. The molecule has 1 aliphatic rings. The molecule has 3 N–H and O–H groups in total. The molecule has 0 radical (unpaired) electrons. The second-order valence-corrected chi connectivity index (χ2v) is 7.42. The number of benzene rings is 2. The Kier molecular flexibility index (Phi) is 5.13.